The van der Waals surface area contributed by atoms with Crippen LogP contribution < -0.4 is 4.90 Å². The molecular formula is C46H31NO. The molecule has 0 aliphatic carbocycles. The zero-order valence-electron chi connectivity index (χ0n) is 26.3. The molecule has 9 aromatic rings. The molecule has 1 heterocycles. The highest BCUT2D eigenvalue weighted by molar-refractivity contribution is 6.14. The monoisotopic (exact) mass is 613 g/mol. The third kappa shape index (κ3) is 4.83. The normalized spacial score (nSPS) is 11.3. The Labute approximate surface area is 279 Å². The highest BCUT2D eigenvalue weighted by Crippen LogP contribution is 2.45. The van der Waals surface area contributed by atoms with Gasteiger partial charge in [-0.3, -0.25) is 0 Å². The van der Waals surface area contributed by atoms with Crippen molar-refractivity contribution in [3.8, 4) is 11.1 Å². The van der Waals surface area contributed by atoms with E-state index >= 15 is 0 Å². The topological polar surface area (TPSA) is 16.4 Å². The van der Waals surface area contributed by atoms with Gasteiger partial charge in [-0.1, -0.05) is 152 Å². The van der Waals surface area contributed by atoms with Crippen molar-refractivity contribution in [1.82, 2.24) is 0 Å². The van der Waals surface area contributed by atoms with Gasteiger partial charge in [0.15, 0.2) is 0 Å². The maximum absolute atomic E-state index is 6.74. The molecular weight excluding hydrogens is 583 g/mol. The first-order valence-electron chi connectivity index (χ1n) is 16.4. The van der Waals surface area contributed by atoms with Gasteiger partial charge < -0.3 is 9.32 Å². The Bertz CT molecular complexity index is 2700. The van der Waals surface area contributed by atoms with E-state index in [-0.39, 0.29) is 0 Å². The van der Waals surface area contributed by atoms with Crippen LogP contribution in [-0.2, 0) is 0 Å². The summed E-state index contributed by atoms with van der Waals surface area (Å²) in [6.45, 7) is 0. The van der Waals surface area contributed by atoms with Crippen LogP contribution in [0.1, 0.15) is 0 Å². The van der Waals surface area contributed by atoms with Gasteiger partial charge >= 0.3 is 0 Å². The number of para-hydroxylation sites is 2. The summed E-state index contributed by atoms with van der Waals surface area (Å²) in [7, 11) is 0. The number of hydrogen-bond donors (Lipinski definition) is 0. The predicted molar refractivity (Wildman–Crippen MR) is 204 cm³/mol. The predicted octanol–water partition coefficient (Wildman–Crippen LogP) is 13.3. The second kappa shape index (κ2) is 11.8. The van der Waals surface area contributed by atoms with Gasteiger partial charge in [0.1, 0.15) is 11.2 Å². The van der Waals surface area contributed by atoms with E-state index in [1.165, 1.54) is 32.3 Å². The lowest BCUT2D eigenvalue weighted by Gasteiger charge is -2.28. The van der Waals surface area contributed by atoms with E-state index in [4.69, 9.17) is 4.42 Å². The van der Waals surface area contributed by atoms with Gasteiger partial charge in [0.25, 0.3) is 0 Å². The van der Waals surface area contributed by atoms with Crippen molar-refractivity contribution < 1.29 is 4.42 Å². The molecule has 0 aliphatic heterocycles. The molecule has 226 valence electrons. The lowest BCUT2D eigenvalue weighted by atomic mass is 9.98. The quantitative estimate of drug-likeness (QED) is 0.196. The number of anilines is 3. The second-order valence-corrected chi connectivity index (χ2v) is 12.1. The minimum absolute atomic E-state index is 0.892. The van der Waals surface area contributed by atoms with Crippen LogP contribution in [0.4, 0.5) is 17.1 Å². The van der Waals surface area contributed by atoms with Crippen LogP contribution in [0.3, 0.4) is 0 Å². The minimum Gasteiger partial charge on any atom is -0.455 e. The van der Waals surface area contributed by atoms with Gasteiger partial charge in [-0.15, -0.1) is 0 Å². The summed E-state index contributed by atoms with van der Waals surface area (Å²) in [5.74, 6) is 0. The summed E-state index contributed by atoms with van der Waals surface area (Å²) < 4.78 is 6.74. The molecule has 0 aliphatic rings. The van der Waals surface area contributed by atoms with Gasteiger partial charge in [-0.25, -0.2) is 0 Å². The van der Waals surface area contributed by atoms with Crippen molar-refractivity contribution in [2.24, 2.45) is 0 Å². The molecule has 2 heteroatoms. The van der Waals surface area contributed by atoms with Crippen molar-refractivity contribution in [2.45, 2.75) is 0 Å². The average Bonchev–Trinajstić information content (AvgIpc) is 3.51. The van der Waals surface area contributed by atoms with E-state index < -0.39 is 0 Å². The van der Waals surface area contributed by atoms with Crippen LogP contribution in [0.25, 0.3) is 65.4 Å². The zero-order valence-corrected chi connectivity index (χ0v) is 26.3. The Balaban J connectivity index is 1.32. The summed E-state index contributed by atoms with van der Waals surface area (Å²) in [6, 6.07) is 66.8. The molecule has 0 amide bonds. The van der Waals surface area contributed by atoms with E-state index in [0.717, 1.165) is 50.1 Å². The number of benzene rings is 7. The van der Waals surface area contributed by atoms with Crippen molar-refractivity contribution in [1.29, 1.82) is 0 Å². The molecule has 0 atom stereocenters. The Morgan fingerprint density at radius 3 is 1.65 bits per heavy atom. The average molecular weight is 614 g/mol. The second-order valence-electron chi connectivity index (χ2n) is 12.1. The number of fused-ring (bicyclic) bond motifs is 6. The van der Waals surface area contributed by atoms with Gasteiger partial charge in [0, 0.05) is 33.0 Å². The molecule has 0 radical (unpaired) electrons. The number of furan rings is 1. The van der Waals surface area contributed by atoms with Crippen molar-refractivity contribution >= 4 is 71.3 Å². The highest BCUT2D eigenvalue weighted by atomic mass is 16.3. The maximum Gasteiger partial charge on any atom is 0.143 e. The zero-order chi connectivity index (χ0) is 31.9. The van der Waals surface area contributed by atoms with Crippen LogP contribution in [-0.4, -0.2) is 0 Å². The van der Waals surface area contributed by atoms with E-state index in [1.54, 1.807) is 0 Å². The molecule has 48 heavy (non-hydrogen) atoms. The smallest absolute Gasteiger partial charge is 0.143 e. The Hall–Kier alpha value is -6.38. The molecule has 0 saturated heterocycles. The molecule has 0 spiro atoms. The first-order chi connectivity index (χ1) is 23.8. The van der Waals surface area contributed by atoms with E-state index in [2.05, 4.69) is 193 Å². The lowest BCUT2D eigenvalue weighted by Crippen LogP contribution is -2.11. The maximum atomic E-state index is 6.74. The third-order valence-corrected chi connectivity index (χ3v) is 9.26. The van der Waals surface area contributed by atoms with Crippen LogP contribution in [0.2, 0.25) is 0 Å². The first-order valence-corrected chi connectivity index (χ1v) is 16.4. The van der Waals surface area contributed by atoms with Crippen molar-refractivity contribution in [3.05, 3.63) is 188 Å². The van der Waals surface area contributed by atoms with Crippen LogP contribution >= 0.6 is 0 Å². The molecule has 0 saturated carbocycles. The van der Waals surface area contributed by atoms with E-state index in [1.807, 2.05) is 0 Å². The summed E-state index contributed by atoms with van der Waals surface area (Å²) in [4.78, 5) is 2.38. The fourth-order valence-electron chi connectivity index (χ4n) is 6.99. The van der Waals surface area contributed by atoms with Crippen LogP contribution in [0.15, 0.2) is 192 Å². The summed E-state index contributed by atoms with van der Waals surface area (Å²) in [6.07, 6.45) is 0. The molecule has 2 nitrogen and oxygen atoms in total. The lowest BCUT2D eigenvalue weighted by molar-refractivity contribution is 0.670. The Kier molecular flexibility index (Phi) is 6.84. The van der Waals surface area contributed by atoms with Gasteiger partial charge in [0.05, 0.1) is 11.4 Å². The fourth-order valence-corrected chi connectivity index (χ4v) is 6.99. The number of nitrogens with zero attached hydrogens (tertiary/aromatic N) is 1. The van der Waals surface area contributed by atoms with Crippen LogP contribution in [0, 0.1) is 0 Å². The minimum atomic E-state index is 0.892. The van der Waals surface area contributed by atoms with Crippen molar-refractivity contribution in [2.75, 3.05) is 4.90 Å². The fraction of sp³-hybridized carbons (Fsp3) is 0. The molecule has 9 rings (SSSR count). The van der Waals surface area contributed by atoms with Crippen LogP contribution in [0.5, 0.6) is 0 Å². The Morgan fingerprint density at radius 1 is 0.333 bits per heavy atom. The summed E-state index contributed by atoms with van der Waals surface area (Å²) in [5, 5.41) is 9.37. The molecule has 0 bridgehead atoms. The molecule has 0 fully saturated rings. The molecule has 0 unspecified atom stereocenters. The highest BCUT2D eigenvalue weighted by Gasteiger charge is 2.21. The van der Waals surface area contributed by atoms with Gasteiger partial charge in [-0.05, 0) is 63.3 Å². The summed E-state index contributed by atoms with van der Waals surface area (Å²) in [5.41, 5.74) is 7.16. The van der Waals surface area contributed by atoms with E-state index in [0.29, 0.717) is 0 Å². The molecule has 8 aromatic carbocycles. The number of rotatable bonds is 4. The van der Waals surface area contributed by atoms with Gasteiger partial charge in [-0.2, -0.15) is 0 Å². The van der Waals surface area contributed by atoms with E-state index in [9.17, 15) is 0 Å². The van der Waals surface area contributed by atoms with Gasteiger partial charge in [0.2, 0.25) is 0 Å². The molecule has 0 N–H and O–H groups in total. The van der Waals surface area contributed by atoms with Crippen molar-refractivity contribution in [3.63, 3.8) is 0 Å². The largest absolute Gasteiger partial charge is 0.455 e. The third-order valence-electron chi connectivity index (χ3n) is 9.26. The number of hydrogen-bond acceptors (Lipinski definition) is 2. The summed E-state index contributed by atoms with van der Waals surface area (Å²) >= 11 is 0. The standard InChI is InChI=1S/C46H31NO/c1-2-15-33-20-11-23-37(22-7-5-16-32(33)14-1)47(43-29-12-21-34-17-6-8-24-38(34)43)44-28-10-9-25-39(44)40-26-13-27-41-42-30-35-18-3-4-19-36(35)31-45(42)48-46(40)41/h1-31H. The molecule has 1 aromatic heterocycles. The SMILES string of the molecule is c1ccc2ccccc2cccc(N(c2ccccc2-c2cccc3c2oc2cc4ccccc4cc23)c2cccc3ccccc23)c1. The Morgan fingerprint density at radius 2 is 0.833 bits per heavy atom. The first kappa shape index (κ1) is 27.9.